The van der Waals surface area contributed by atoms with Gasteiger partial charge in [-0.05, 0) is 42.0 Å². The Hall–Kier alpha value is -2.83. The lowest BCUT2D eigenvalue weighted by atomic mass is 9.86. The fourth-order valence-electron chi connectivity index (χ4n) is 4.22. The summed E-state index contributed by atoms with van der Waals surface area (Å²) in [6.07, 6.45) is 0.408. The monoisotopic (exact) mass is 506 g/mol. The first kappa shape index (κ1) is 28.4. The van der Waals surface area contributed by atoms with Crippen LogP contribution in [0.15, 0.2) is 36.4 Å². The third kappa shape index (κ3) is 5.71. The molecule has 2 aromatic rings. The van der Waals surface area contributed by atoms with Crippen LogP contribution < -0.4 is 18.9 Å². The molecule has 0 spiro atoms. The average Bonchev–Trinajstić information content (AvgIpc) is 2.84. The molecule has 0 aliphatic heterocycles. The Labute approximate surface area is 206 Å². The van der Waals surface area contributed by atoms with Crippen molar-refractivity contribution in [2.24, 2.45) is 11.3 Å². The molecule has 0 saturated carbocycles. The van der Waals surface area contributed by atoms with Crippen molar-refractivity contribution in [1.29, 1.82) is 0 Å². The molecule has 2 rings (SSSR count). The van der Waals surface area contributed by atoms with Gasteiger partial charge in [-0.1, -0.05) is 39.8 Å². The lowest BCUT2D eigenvalue weighted by Gasteiger charge is -2.31. The van der Waals surface area contributed by atoms with Crippen LogP contribution in [0.25, 0.3) is 0 Å². The van der Waals surface area contributed by atoms with Gasteiger partial charge in [0.25, 0.3) is 0 Å². The van der Waals surface area contributed by atoms with Crippen LogP contribution in [-0.2, 0) is 4.57 Å². The fourth-order valence-corrected chi connectivity index (χ4v) is 6.81. The Kier molecular flexibility index (Phi) is 9.15. The topological polar surface area (TPSA) is 108 Å². The van der Waals surface area contributed by atoms with Gasteiger partial charge in [0.1, 0.15) is 40.0 Å². The van der Waals surface area contributed by atoms with Gasteiger partial charge in [0.15, 0.2) is 0 Å². The maximum atomic E-state index is 14.7. The minimum atomic E-state index is -4.78. The van der Waals surface area contributed by atoms with E-state index >= 15 is 0 Å². The fraction of sp³-hybridized carbons (Fsp3) is 0.462. The molecule has 0 fully saturated rings. The molecule has 9 heteroatoms. The quantitative estimate of drug-likeness (QED) is 0.401. The Morgan fingerprint density at radius 2 is 1.11 bits per heavy atom. The molecule has 8 nitrogen and oxygen atoms in total. The number of aliphatic hydroxyl groups excluding tert-OH is 1. The summed E-state index contributed by atoms with van der Waals surface area (Å²) in [4.78, 5) is 28.1. The van der Waals surface area contributed by atoms with E-state index < -0.39 is 30.0 Å². The molecule has 0 aliphatic carbocycles. The molecule has 1 N–H and O–H groups in total. The number of hydrogen-bond donors (Lipinski definition) is 1. The molecule has 0 saturated heterocycles. The van der Waals surface area contributed by atoms with Crippen LogP contribution >= 0.6 is 7.14 Å². The van der Waals surface area contributed by atoms with Crippen molar-refractivity contribution in [1.82, 2.24) is 0 Å². The summed E-state index contributed by atoms with van der Waals surface area (Å²) in [5, 5.41) is 11.4. The van der Waals surface area contributed by atoms with E-state index in [1.165, 1.54) is 52.7 Å². The highest BCUT2D eigenvalue weighted by Crippen LogP contribution is 2.61. The summed E-state index contributed by atoms with van der Waals surface area (Å²) in [5.74, 6) is -2.13. The van der Waals surface area contributed by atoms with E-state index in [1.807, 2.05) is 20.8 Å². The van der Waals surface area contributed by atoms with E-state index in [0.29, 0.717) is 6.42 Å². The molecule has 2 unspecified atom stereocenters. The third-order valence-electron chi connectivity index (χ3n) is 5.70. The smallest absolute Gasteiger partial charge is 0.248 e. The zero-order valence-electron chi connectivity index (χ0n) is 21.6. The summed E-state index contributed by atoms with van der Waals surface area (Å²) >= 11 is 0. The number of hydrogen-bond acceptors (Lipinski definition) is 8. The van der Waals surface area contributed by atoms with Crippen LogP contribution in [-0.4, -0.2) is 50.4 Å². The molecule has 192 valence electrons. The normalized spacial score (nSPS) is 13.5. The van der Waals surface area contributed by atoms with Gasteiger partial charge in [-0.2, -0.15) is 0 Å². The summed E-state index contributed by atoms with van der Waals surface area (Å²) in [7, 11) is 0.609. The second-order valence-electron chi connectivity index (χ2n) is 9.50. The van der Waals surface area contributed by atoms with Crippen LogP contribution in [0.4, 0.5) is 0 Å². The second-order valence-corrected chi connectivity index (χ2v) is 12.2. The number of carbonyl (C=O) groups is 2. The van der Waals surface area contributed by atoms with Crippen LogP contribution in [0.2, 0.25) is 0 Å². The summed E-state index contributed by atoms with van der Waals surface area (Å²) in [5.41, 5.74) is -2.73. The predicted molar refractivity (Wildman–Crippen MR) is 135 cm³/mol. The standard InChI is InChI=1S/C26H35O8P/c1-16(15-26(2,3)4)23(27)35(30,24(28)21-17(31-5)11-9-12-18(21)32-6)25(29)22-19(33-7)13-10-14-20(22)34-8/h9-14,16,23,27H,15H2,1-8H3. The number of ether oxygens (including phenoxy) is 4. The average molecular weight is 507 g/mol. The summed E-state index contributed by atoms with van der Waals surface area (Å²) in [6.45, 7) is 7.54. The van der Waals surface area contributed by atoms with Crippen LogP contribution in [0.5, 0.6) is 23.0 Å². The molecule has 2 atom stereocenters. The Morgan fingerprint density at radius 3 is 1.37 bits per heavy atom. The number of methoxy groups -OCH3 is 4. The third-order valence-corrected chi connectivity index (χ3v) is 8.61. The lowest BCUT2D eigenvalue weighted by molar-refractivity contribution is 0.0981. The van der Waals surface area contributed by atoms with Crippen molar-refractivity contribution in [2.45, 2.75) is 40.0 Å². The first-order valence-corrected chi connectivity index (χ1v) is 12.9. The number of carbonyl (C=O) groups excluding carboxylic acids is 2. The molecule has 2 aromatic carbocycles. The predicted octanol–water partition coefficient (Wildman–Crippen LogP) is 5.46. The molecule has 0 aromatic heterocycles. The zero-order chi connectivity index (χ0) is 26.6. The lowest BCUT2D eigenvalue weighted by Crippen LogP contribution is -2.30. The van der Waals surface area contributed by atoms with Crippen LogP contribution in [0.3, 0.4) is 0 Å². The largest absolute Gasteiger partial charge is 0.496 e. The molecule has 0 radical (unpaired) electrons. The number of aliphatic hydroxyl groups is 1. The Morgan fingerprint density at radius 1 is 0.800 bits per heavy atom. The Balaban J connectivity index is 2.86. The zero-order valence-corrected chi connectivity index (χ0v) is 22.5. The minimum Gasteiger partial charge on any atom is -0.496 e. The van der Waals surface area contributed by atoms with E-state index in [2.05, 4.69) is 0 Å². The molecular weight excluding hydrogens is 471 g/mol. The summed E-state index contributed by atoms with van der Waals surface area (Å²) in [6, 6.07) is 9.20. The van der Waals surface area contributed by atoms with Gasteiger partial charge in [0, 0.05) is 0 Å². The van der Waals surface area contributed by atoms with Crippen molar-refractivity contribution < 1.29 is 38.2 Å². The van der Waals surface area contributed by atoms with Crippen LogP contribution in [0.1, 0.15) is 54.8 Å². The van der Waals surface area contributed by atoms with E-state index in [0.717, 1.165) is 0 Å². The van der Waals surface area contributed by atoms with Crippen molar-refractivity contribution in [3.05, 3.63) is 47.5 Å². The Bertz CT molecular complexity index is 1000. The molecule has 0 aliphatic rings. The van der Waals surface area contributed by atoms with Gasteiger partial charge in [-0.3, -0.25) is 9.59 Å². The van der Waals surface area contributed by atoms with Gasteiger partial charge in [-0.15, -0.1) is 0 Å². The van der Waals surface area contributed by atoms with Crippen LogP contribution in [0, 0.1) is 11.3 Å². The highest BCUT2D eigenvalue weighted by molar-refractivity contribution is 7.95. The first-order valence-electron chi connectivity index (χ1n) is 11.2. The van der Waals surface area contributed by atoms with Crippen molar-refractivity contribution >= 4 is 18.2 Å². The molecular formula is C26H35O8P. The molecule has 0 bridgehead atoms. The van der Waals surface area contributed by atoms with E-state index in [-0.39, 0.29) is 39.5 Å². The highest BCUT2D eigenvalue weighted by Gasteiger charge is 2.52. The molecule has 0 amide bonds. The van der Waals surface area contributed by atoms with Crippen molar-refractivity contribution in [3.8, 4) is 23.0 Å². The first-order chi connectivity index (χ1) is 16.4. The maximum Gasteiger partial charge on any atom is 0.248 e. The second kappa shape index (κ2) is 11.3. The molecule has 0 heterocycles. The van der Waals surface area contributed by atoms with Gasteiger partial charge in [-0.25, -0.2) is 0 Å². The van der Waals surface area contributed by atoms with Crippen molar-refractivity contribution in [3.63, 3.8) is 0 Å². The number of benzene rings is 2. The number of rotatable bonds is 11. The van der Waals surface area contributed by atoms with Gasteiger partial charge in [0.05, 0.1) is 28.4 Å². The van der Waals surface area contributed by atoms with Crippen molar-refractivity contribution in [2.75, 3.05) is 28.4 Å². The maximum absolute atomic E-state index is 14.7. The highest BCUT2D eigenvalue weighted by atomic mass is 31.2. The molecule has 35 heavy (non-hydrogen) atoms. The van der Waals surface area contributed by atoms with Gasteiger partial charge in [0.2, 0.25) is 18.2 Å². The minimum absolute atomic E-state index is 0.0741. The van der Waals surface area contributed by atoms with E-state index in [9.17, 15) is 19.3 Å². The van der Waals surface area contributed by atoms with Gasteiger partial charge >= 0.3 is 0 Å². The van der Waals surface area contributed by atoms with E-state index in [4.69, 9.17) is 18.9 Å². The van der Waals surface area contributed by atoms with E-state index in [1.54, 1.807) is 19.1 Å². The van der Waals surface area contributed by atoms with Gasteiger partial charge < -0.3 is 28.6 Å². The SMILES string of the molecule is COc1cccc(OC)c1C(=O)P(=O)(C(=O)c1c(OC)cccc1OC)C(O)C(C)CC(C)(C)C. The summed E-state index contributed by atoms with van der Waals surface area (Å²) < 4.78 is 36.1.